The molecule has 0 bridgehead atoms. The second-order valence-corrected chi connectivity index (χ2v) is 3.20. The van der Waals surface area contributed by atoms with Crippen LogP contribution in [0.15, 0.2) is 61.3 Å². The quantitative estimate of drug-likeness (QED) is 0.731. The lowest BCUT2D eigenvalue weighted by molar-refractivity contribution is 0.479. The van der Waals surface area contributed by atoms with Crippen LogP contribution in [-0.2, 0) is 6.42 Å². The third-order valence-electron chi connectivity index (χ3n) is 1.99. The van der Waals surface area contributed by atoms with E-state index in [-0.39, 0.29) is 0 Å². The van der Waals surface area contributed by atoms with Gasteiger partial charge in [0, 0.05) is 25.0 Å². The Morgan fingerprint density at radius 2 is 2.00 bits per heavy atom. The molecule has 1 aromatic carbocycles. The van der Waals surface area contributed by atoms with E-state index in [1.807, 2.05) is 36.4 Å². The van der Waals surface area contributed by atoms with Crippen molar-refractivity contribution in [3.8, 4) is 5.75 Å². The van der Waals surface area contributed by atoms with Gasteiger partial charge in [0.15, 0.2) is 0 Å². The van der Waals surface area contributed by atoms with Crippen molar-refractivity contribution in [3.63, 3.8) is 0 Å². The molecule has 0 atom stereocenters. The van der Waals surface area contributed by atoms with Crippen molar-refractivity contribution in [2.75, 3.05) is 0 Å². The van der Waals surface area contributed by atoms with Crippen LogP contribution < -0.4 is 4.74 Å². The largest absolute Gasteiger partial charge is 0.465 e. The zero-order chi connectivity index (χ0) is 11.1. The molecule has 0 radical (unpaired) electrons. The first-order valence-electron chi connectivity index (χ1n) is 5.07. The summed E-state index contributed by atoms with van der Waals surface area (Å²) >= 11 is 0. The van der Waals surface area contributed by atoms with Crippen molar-refractivity contribution < 1.29 is 4.74 Å². The highest BCUT2D eigenvalue weighted by Gasteiger charge is 1.89. The predicted octanol–water partition coefficient (Wildman–Crippen LogP) is 2.61. The Bertz CT molecular complexity index is 397. The van der Waals surface area contributed by atoms with Crippen molar-refractivity contribution in [1.29, 1.82) is 0 Å². The summed E-state index contributed by atoms with van der Waals surface area (Å²) in [7, 11) is 0. The van der Waals surface area contributed by atoms with Gasteiger partial charge in [0.05, 0.1) is 12.0 Å². The Balaban J connectivity index is 1.83. The zero-order valence-electron chi connectivity index (χ0n) is 8.78. The molecule has 2 rings (SSSR count). The van der Waals surface area contributed by atoms with Crippen LogP contribution in [0.1, 0.15) is 5.69 Å². The molecule has 0 unspecified atom stereocenters. The third kappa shape index (κ3) is 3.20. The van der Waals surface area contributed by atoms with Gasteiger partial charge in [0.25, 0.3) is 0 Å². The molecular weight excluding hydrogens is 200 g/mol. The number of para-hydroxylation sites is 1. The Hall–Kier alpha value is -2.16. The fourth-order valence-electron chi connectivity index (χ4n) is 1.23. The number of hydrogen-bond donors (Lipinski definition) is 0. The lowest BCUT2D eigenvalue weighted by Gasteiger charge is -1.98. The predicted molar refractivity (Wildman–Crippen MR) is 61.9 cm³/mol. The average Bonchev–Trinajstić information content (AvgIpc) is 2.37. The van der Waals surface area contributed by atoms with Gasteiger partial charge >= 0.3 is 0 Å². The molecule has 0 aliphatic rings. The average molecular weight is 212 g/mol. The number of nitrogens with zero attached hydrogens (tertiary/aromatic N) is 2. The maximum atomic E-state index is 5.40. The molecule has 3 heteroatoms. The van der Waals surface area contributed by atoms with Crippen molar-refractivity contribution in [2.45, 2.75) is 6.42 Å². The fraction of sp³-hybridized carbons (Fsp3) is 0.0769. The summed E-state index contributed by atoms with van der Waals surface area (Å²) in [6, 6.07) is 9.65. The molecule has 0 fully saturated rings. The molecule has 0 amide bonds. The Morgan fingerprint density at radius 3 is 2.75 bits per heavy atom. The van der Waals surface area contributed by atoms with E-state index < -0.39 is 0 Å². The van der Waals surface area contributed by atoms with Crippen molar-refractivity contribution in [2.24, 2.45) is 0 Å². The molecule has 1 aromatic heterocycles. The molecule has 1 heterocycles. The monoisotopic (exact) mass is 212 g/mol. The van der Waals surface area contributed by atoms with Gasteiger partial charge < -0.3 is 4.74 Å². The molecule has 0 saturated heterocycles. The second-order valence-electron chi connectivity index (χ2n) is 3.20. The smallest absolute Gasteiger partial charge is 0.126 e. The summed E-state index contributed by atoms with van der Waals surface area (Å²) in [6.45, 7) is 0. The van der Waals surface area contributed by atoms with Gasteiger partial charge in [-0.05, 0) is 18.2 Å². The van der Waals surface area contributed by atoms with Crippen LogP contribution in [0.25, 0.3) is 0 Å². The lowest BCUT2D eigenvalue weighted by Crippen LogP contribution is -1.88. The molecule has 80 valence electrons. The van der Waals surface area contributed by atoms with Crippen LogP contribution in [0.5, 0.6) is 5.75 Å². The highest BCUT2D eigenvalue weighted by Crippen LogP contribution is 2.08. The number of rotatable bonds is 4. The van der Waals surface area contributed by atoms with Gasteiger partial charge in [-0.3, -0.25) is 9.97 Å². The van der Waals surface area contributed by atoms with E-state index in [0.29, 0.717) is 0 Å². The van der Waals surface area contributed by atoms with Crippen LogP contribution >= 0.6 is 0 Å². The van der Waals surface area contributed by atoms with Crippen molar-refractivity contribution in [3.05, 3.63) is 67.0 Å². The van der Waals surface area contributed by atoms with E-state index in [1.165, 1.54) is 0 Å². The Kier molecular flexibility index (Phi) is 3.66. The third-order valence-corrected chi connectivity index (χ3v) is 1.99. The van der Waals surface area contributed by atoms with Gasteiger partial charge in [-0.2, -0.15) is 0 Å². The number of benzene rings is 1. The lowest BCUT2D eigenvalue weighted by atomic mass is 10.3. The highest BCUT2D eigenvalue weighted by atomic mass is 16.5. The van der Waals surface area contributed by atoms with Crippen LogP contribution in [0, 0.1) is 0 Å². The zero-order valence-corrected chi connectivity index (χ0v) is 8.78. The molecule has 2 aromatic rings. The summed E-state index contributed by atoms with van der Waals surface area (Å²) in [5, 5.41) is 0. The molecule has 16 heavy (non-hydrogen) atoms. The highest BCUT2D eigenvalue weighted by molar-refractivity contribution is 5.21. The van der Waals surface area contributed by atoms with Crippen LogP contribution in [0.3, 0.4) is 0 Å². The van der Waals surface area contributed by atoms with Crippen molar-refractivity contribution >= 4 is 0 Å². The first-order chi connectivity index (χ1) is 7.95. The van der Waals surface area contributed by atoms with Gasteiger partial charge in [0.2, 0.25) is 0 Å². The topological polar surface area (TPSA) is 35.0 Å². The van der Waals surface area contributed by atoms with E-state index in [4.69, 9.17) is 4.74 Å². The maximum absolute atomic E-state index is 5.40. The van der Waals surface area contributed by atoms with Gasteiger partial charge in [0.1, 0.15) is 5.75 Å². The van der Waals surface area contributed by atoms with Gasteiger partial charge in [-0.25, -0.2) is 0 Å². The Labute approximate surface area is 94.4 Å². The standard InChI is InChI=1S/C13H12N2O/c1-2-6-13(7-3-1)16-10-4-5-12-11-14-8-9-15-12/h1-4,6-11H,5H2. The van der Waals surface area contributed by atoms with E-state index >= 15 is 0 Å². The summed E-state index contributed by atoms with van der Waals surface area (Å²) in [4.78, 5) is 8.14. The van der Waals surface area contributed by atoms with Crippen LogP contribution in [0.4, 0.5) is 0 Å². The van der Waals surface area contributed by atoms with Crippen LogP contribution in [0.2, 0.25) is 0 Å². The summed E-state index contributed by atoms with van der Waals surface area (Å²) in [5.74, 6) is 0.831. The molecule has 0 spiro atoms. The Morgan fingerprint density at radius 1 is 1.12 bits per heavy atom. The SMILES string of the molecule is C(=COc1ccccc1)Cc1cnccn1. The van der Waals surface area contributed by atoms with E-state index in [0.717, 1.165) is 17.9 Å². The minimum absolute atomic E-state index is 0.723. The summed E-state index contributed by atoms with van der Waals surface area (Å²) in [5.41, 5.74) is 0.926. The normalized spacial score (nSPS) is 10.5. The second kappa shape index (κ2) is 5.66. The minimum Gasteiger partial charge on any atom is -0.465 e. The minimum atomic E-state index is 0.723. The molecule has 0 aliphatic heterocycles. The first-order valence-corrected chi connectivity index (χ1v) is 5.07. The van der Waals surface area contributed by atoms with Crippen LogP contribution in [-0.4, -0.2) is 9.97 Å². The molecule has 0 aliphatic carbocycles. The summed E-state index contributed by atoms with van der Waals surface area (Å²) < 4.78 is 5.40. The summed E-state index contributed by atoms with van der Waals surface area (Å²) in [6.07, 6.45) is 9.39. The van der Waals surface area contributed by atoms with Gasteiger partial charge in [-0.15, -0.1) is 0 Å². The number of ether oxygens (including phenoxy) is 1. The molecular formula is C13H12N2O. The first kappa shape index (κ1) is 10.4. The maximum Gasteiger partial charge on any atom is 0.126 e. The fourth-order valence-corrected chi connectivity index (χ4v) is 1.23. The van der Waals surface area contributed by atoms with Gasteiger partial charge in [-0.1, -0.05) is 18.2 Å². The number of aromatic nitrogens is 2. The number of allylic oxidation sites excluding steroid dienone is 1. The van der Waals surface area contributed by atoms with E-state index in [9.17, 15) is 0 Å². The van der Waals surface area contributed by atoms with E-state index in [1.54, 1.807) is 24.9 Å². The molecule has 3 nitrogen and oxygen atoms in total. The molecule has 0 N–H and O–H groups in total. The number of hydrogen-bond acceptors (Lipinski definition) is 3. The van der Waals surface area contributed by atoms with E-state index in [2.05, 4.69) is 9.97 Å². The molecule has 0 saturated carbocycles. The van der Waals surface area contributed by atoms with Crippen molar-refractivity contribution in [1.82, 2.24) is 9.97 Å².